The van der Waals surface area contributed by atoms with Crippen LogP contribution in [0, 0.1) is 11.3 Å². The molecule has 0 aromatic heterocycles. The van der Waals surface area contributed by atoms with Gasteiger partial charge in [-0.15, -0.1) is 0 Å². The van der Waals surface area contributed by atoms with Gasteiger partial charge < -0.3 is 10.1 Å². The van der Waals surface area contributed by atoms with E-state index in [-0.39, 0.29) is 6.04 Å². The van der Waals surface area contributed by atoms with Gasteiger partial charge in [-0.2, -0.15) is 5.26 Å². The van der Waals surface area contributed by atoms with E-state index >= 15 is 0 Å². The zero-order valence-electron chi connectivity index (χ0n) is 11.4. The smallest absolute Gasteiger partial charge is 0.137 e. The van der Waals surface area contributed by atoms with Gasteiger partial charge in [0.1, 0.15) is 5.75 Å². The summed E-state index contributed by atoms with van der Waals surface area (Å²) in [5.74, 6) is 0.649. The van der Waals surface area contributed by atoms with Crippen molar-refractivity contribution in [2.75, 3.05) is 12.4 Å². The Kier molecular flexibility index (Phi) is 4.49. The van der Waals surface area contributed by atoms with E-state index in [0.29, 0.717) is 16.3 Å². The first kappa shape index (κ1) is 14.2. The summed E-state index contributed by atoms with van der Waals surface area (Å²) in [4.78, 5) is 0. The highest BCUT2D eigenvalue weighted by molar-refractivity contribution is 6.32. The zero-order valence-corrected chi connectivity index (χ0v) is 12.1. The van der Waals surface area contributed by atoms with Crippen LogP contribution in [-0.2, 0) is 0 Å². The van der Waals surface area contributed by atoms with Crippen molar-refractivity contribution < 1.29 is 4.74 Å². The molecule has 4 heteroatoms. The van der Waals surface area contributed by atoms with Gasteiger partial charge in [0.2, 0.25) is 0 Å². The number of hydrogen-bond acceptors (Lipinski definition) is 3. The van der Waals surface area contributed by atoms with Crippen LogP contribution in [0.2, 0.25) is 5.02 Å². The molecule has 2 aromatic rings. The van der Waals surface area contributed by atoms with Gasteiger partial charge in [-0.25, -0.2) is 0 Å². The second kappa shape index (κ2) is 6.31. The fourth-order valence-corrected chi connectivity index (χ4v) is 2.22. The fraction of sp³-hybridized carbons (Fsp3) is 0.188. The van der Waals surface area contributed by atoms with E-state index in [1.807, 2.05) is 43.3 Å². The minimum atomic E-state index is 0.0766. The molecule has 0 fully saturated rings. The summed E-state index contributed by atoms with van der Waals surface area (Å²) in [6, 6.07) is 15.3. The lowest BCUT2D eigenvalue weighted by molar-refractivity contribution is 0.415. The molecule has 1 N–H and O–H groups in total. The molecule has 0 aliphatic heterocycles. The Labute approximate surface area is 123 Å². The van der Waals surface area contributed by atoms with E-state index < -0.39 is 0 Å². The normalized spacial score (nSPS) is 11.5. The SMILES string of the molecule is COc1ccc(NC(C)c2cccc(C#N)c2)cc1Cl. The summed E-state index contributed by atoms with van der Waals surface area (Å²) in [7, 11) is 1.59. The monoisotopic (exact) mass is 286 g/mol. The standard InChI is InChI=1S/C16H15ClN2O/c1-11(13-5-3-4-12(8-13)10-18)19-14-6-7-16(20-2)15(17)9-14/h3-9,11,19H,1-2H3. The number of hydrogen-bond donors (Lipinski definition) is 1. The first-order chi connectivity index (χ1) is 9.63. The first-order valence-electron chi connectivity index (χ1n) is 6.24. The third-order valence-electron chi connectivity index (χ3n) is 3.05. The molecule has 0 aliphatic carbocycles. The highest BCUT2D eigenvalue weighted by Crippen LogP contribution is 2.29. The number of nitriles is 1. The number of nitrogens with one attached hydrogen (secondary N) is 1. The maximum atomic E-state index is 8.93. The quantitative estimate of drug-likeness (QED) is 0.906. The number of benzene rings is 2. The van der Waals surface area contributed by atoms with Crippen molar-refractivity contribution in [2.24, 2.45) is 0 Å². The van der Waals surface area contributed by atoms with Gasteiger partial charge in [0.15, 0.2) is 0 Å². The fourth-order valence-electron chi connectivity index (χ4n) is 1.97. The predicted molar refractivity (Wildman–Crippen MR) is 81.2 cm³/mol. The van der Waals surface area contributed by atoms with E-state index in [0.717, 1.165) is 11.3 Å². The van der Waals surface area contributed by atoms with Crippen molar-refractivity contribution in [1.82, 2.24) is 0 Å². The largest absolute Gasteiger partial charge is 0.495 e. The molecular formula is C16H15ClN2O. The number of ether oxygens (including phenoxy) is 1. The van der Waals surface area contributed by atoms with Gasteiger partial charge in [-0.3, -0.25) is 0 Å². The van der Waals surface area contributed by atoms with Crippen LogP contribution in [0.3, 0.4) is 0 Å². The van der Waals surface area contributed by atoms with Crippen molar-refractivity contribution in [3.8, 4) is 11.8 Å². The van der Waals surface area contributed by atoms with Crippen LogP contribution in [0.25, 0.3) is 0 Å². The molecule has 3 nitrogen and oxygen atoms in total. The van der Waals surface area contributed by atoms with Crippen molar-refractivity contribution in [3.05, 3.63) is 58.6 Å². The Morgan fingerprint density at radius 2 is 2.05 bits per heavy atom. The van der Waals surface area contributed by atoms with Gasteiger partial charge in [-0.05, 0) is 42.8 Å². The van der Waals surface area contributed by atoms with E-state index in [2.05, 4.69) is 11.4 Å². The zero-order chi connectivity index (χ0) is 14.5. The molecule has 0 aliphatic rings. The number of anilines is 1. The van der Waals surface area contributed by atoms with E-state index in [1.54, 1.807) is 13.2 Å². The van der Waals surface area contributed by atoms with Gasteiger partial charge >= 0.3 is 0 Å². The molecule has 1 atom stereocenters. The summed E-state index contributed by atoms with van der Waals surface area (Å²) >= 11 is 6.10. The van der Waals surface area contributed by atoms with Crippen molar-refractivity contribution in [2.45, 2.75) is 13.0 Å². The summed E-state index contributed by atoms with van der Waals surface area (Å²) in [6.07, 6.45) is 0. The lowest BCUT2D eigenvalue weighted by atomic mass is 10.1. The third kappa shape index (κ3) is 3.23. The molecule has 1 unspecified atom stereocenters. The van der Waals surface area contributed by atoms with E-state index in [1.165, 1.54) is 0 Å². The van der Waals surface area contributed by atoms with Gasteiger partial charge in [-0.1, -0.05) is 23.7 Å². The second-order valence-electron chi connectivity index (χ2n) is 4.45. The molecule has 102 valence electrons. The molecule has 0 spiro atoms. The van der Waals surface area contributed by atoms with Crippen LogP contribution >= 0.6 is 11.6 Å². The Morgan fingerprint density at radius 1 is 1.25 bits per heavy atom. The summed E-state index contributed by atoms with van der Waals surface area (Å²) in [5.41, 5.74) is 2.62. The lowest BCUT2D eigenvalue weighted by Crippen LogP contribution is -2.06. The number of halogens is 1. The molecule has 2 rings (SSSR count). The van der Waals surface area contributed by atoms with Gasteiger partial charge in [0.05, 0.1) is 23.8 Å². The Bertz CT molecular complexity index is 649. The van der Waals surface area contributed by atoms with Crippen molar-refractivity contribution in [3.63, 3.8) is 0 Å². The molecule has 0 saturated carbocycles. The molecule has 20 heavy (non-hydrogen) atoms. The van der Waals surface area contributed by atoms with Crippen LogP contribution in [0.15, 0.2) is 42.5 Å². The van der Waals surface area contributed by atoms with E-state index in [9.17, 15) is 0 Å². The molecule has 0 heterocycles. The minimum Gasteiger partial charge on any atom is -0.495 e. The molecule has 0 saturated heterocycles. The first-order valence-corrected chi connectivity index (χ1v) is 6.62. The maximum Gasteiger partial charge on any atom is 0.137 e. The molecule has 0 radical (unpaired) electrons. The number of nitrogens with zero attached hydrogens (tertiary/aromatic N) is 1. The van der Waals surface area contributed by atoms with Gasteiger partial charge in [0.25, 0.3) is 0 Å². The topological polar surface area (TPSA) is 45.0 Å². The second-order valence-corrected chi connectivity index (χ2v) is 4.86. The third-order valence-corrected chi connectivity index (χ3v) is 3.35. The summed E-state index contributed by atoms with van der Waals surface area (Å²) in [6.45, 7) is 2.04. The number of methoxy groups -OCH3 is 1. The highest BCUT2D eigenvalue weighted by Gasteiger charge is 2.08. The summed E-state index contributed by atoms with van der Waals surface area (Å²) < 4.78 is 5.12. The Hall–Kier alpha value is -2.18. The summed E-state index contributed by atoms with van der Waals surface area (Å²) in [5, 5.41) is 12.8. The molecule has 2 aromatic carbocycles. The average molecular weight is 287 g/mol. The Morgan fingerprint density at radius 3 is 2.70 bits per heavy atom. The number of rotatable bonds is 4. The van der Waals surface area contributed by atoms with Crippen LogP contribution in [0.4, 0.5) is 5.69 Å². The molecule has 0 bridgehead atoms. The Balaban J connectivity index is 2.17. The maximum absolute atomic E-state index is 8.93. The van der Waals surface area contributed by atoms with Crippen molar-refractivity contribution >= 4 is 17.3 Å². The molecular weight excluding hydrogens is 272 g/mol. The van der Waals surface area contributed by atoms with Crippen molar-refractivity contribution in [1.29, 1.82) is 5.26 Å². The van der Waals surface area contributed by atoms with E-state index in [4.69, 9.17) is 21.6 Å². The average Bonchev–Trinajstić information content (AvgIpc) is 2.47. The van der Waals surface area contributed by atoms with Crippen LogP contribution in [0.5, 0.6) is 5.75 Å². The van der Waals surface area contributed by atoms with Crippen LogP contribution in [0.1, 0.15) is 24.1 Å². The highest BCUT2D eigenvalue weighted by atomic mass is 35.5. The van der Waals surface area contributed by atoms with Crippen LogP contribution < -0.4 is 10.1 Å². The molecule has 0 amide bonds. The predicted octanol–water partition coefficient (Wildman–Crippen LogP) is 4.39. The van der Waals surface area contributed by atoms with Crippen LogP contribution in [-0.4, -0.2) is 7.11 Å². The lowest BCUT2D eigenvalue weighted by Gasteiger charge is -2.16. The van der Waals surface area contributed by atoms with Gasteiger partial charge in [0, 0.05) is 11.7 Å². The minimum absolute atomic E-state index is 0.0766.